The van der Waals surface area contributed by atoms with E-state index in [1.807, 2.05) is 0 Å². The summed E-state index contributed by atoms with van der Waals surface area (Å²) in [5.41, 5.74) is -0.382. The Kier molecular flexibility index (Phi) is 4.51. The number of hydrogen-bond acceptors (Lipinski definition) is 3. The second-order valence-electron chi connectivity index (χ2n) is 6.83. The third kappa shape index (κ3) is 3.29. The summed E-state index contributed by atoms with van der Waals surface area (Å²) in [6.07, 6.45) is 5.86. The Balaban J connectivity index is 2.02. The lowest BCUT2D eigenvalue weighted by Crippen LogP contribution is -2.57. The molecule has 4 heteroatoms. The molecule has 1 aliphatic heterocycles. The highest BCUT2D eigenvalue weighted by atomic mass is 16.5. The first-order valence-corrected chi connectivity index (χ1v) is 7.50. The van der Waals surface area contributed by atoms with Crippen LogP contribution in [0.15, 0.2) is 0 Å². The van der Waals surface area contributed by atoms with Gasteiger partial charge >= 0.3 is 0 Å². The fraction of sp³-hybridized carbons (Fsp3) is 0.933. The van der Waals surface area contributed by atoms with Gasteiger partial charge in [-0.15, -0.1) is 0 Å². The zero-order valence-electron chi connectivity index (χ0n) is 12.2. The van der Waals surface area contributed by atoms with Gasteiger partial charge in [-0.25, -0.2) is 0 Å². The molecule has 0 radical (unpaired) electrons. The first-order valence-electron chi connectivity index (χ1n) is 7.50. The highest BCUT2D eigenvalue weighted by Crippen LogP contribution is 2.41. The molecule has 1 heterocycles. The summed E-state index contributed by atoms with van der Waals surface area (Å²) in [5, 5.41) is 12.8. The number of hydrogen-bond donors (Lipinski definition) is 2. The van der Waals surface area contributed by atoms with E-state index in [1.165, 1.54) is 6.42 Å². The maximum Gasteiger partial charge on any atom is 0.224 e. The van der Waals surface area contributed by atoms with Crippen molar-refractivity contribution >= 4 is 5.91 Å². The number of aliphatic hydroxyl groups is 1. The minimum atomic E-state index is -0.455. The van der Waals surface area contributed by atoms with Crippen LogP contribution in [0.3, 0.4) is 0 Å². The average Bonchev–Trinajstić information content (AvgIpc) is 2.39. The minimum absolute atomic E-state index is 0.00918. The predicted octanol–water partition coefficient (Wildman–Crippen LogP) is 1.86. The highest BCUT2D eigenvalue weighted by Gasteiger charge is 2.41. The Hall–Kier alpha value is -0.610. The Morgan fingerprint density at radius 3 is 2.53 bits per heavy atom. The molecule has 19 heavy (non-hydrogen) atoms. The smallest absolute Gasteiger partial charge is 0.224 e. The van der Waals surface area contributed by atoms with Gasteiger partial charge in [-0.1, -0.05) is 26.7 Å². The normalized spacial score (nSPS) is 29.7. The second-order valence-corrected chi connectivity index (χ2v) is 6.83. The van der Waals surface area contributed by atoms with Crippen LogP contribution in [-0.4, -0.2) is 36.4 Å². The lowest BCUT2D eigenvalue weighted by atomic mass is 9.68. The van der Waals surface area contributed by atoms with Gasteiger partial charge in [0.05, 0.1) is 12.1 Å². The van der Waals surface area contributed by atoms with Gasteiger partial charge in [0.15, 0.2) is 0 Å². The maximum absolute atomic E-state index is 12.6. The Bertz CT molecular complexity index is 321. The van der Waals surface area contributed by atoms with Crippen molar-refractivity contribution in [3.05, 3.63) is 0 Å². The van der Waals surface area contributed by atoms with Crippen molar-refractivity contribution in [2.45, 2.75) is 57.9 Å². The van der Waals surface area contributed by atoms with Crippen LogP contribution in [0.5, 0.6) is 0 Å². The average molecular weight is 269 g/mol. The lowest BCUT2D eigenvalue weighted by molar-refractivity contribution is -0.134. The third-order valence-electron chi connectivity index (χ3n) is 4.96. The molecule has 1 aliphatic carbocycles. The second kappa shape index (κ2) is 5.80. The van der Waals surface area contributed by atoms with Crippen LogP contribution in [0, 0.1) is 11.3 Å². The fourth-order valence-corrected chi connectivity index (χ4v) is 3.41. The molecule has 0 aromatic carbocycles. The van der Waals surface area contributed by atoms with E-state index in [4.69, 9.17) is 4.74 Å². The van der Waals surface area contributed by atoms with E-state index in [9.17, 15) is 9.90 Å². The number of aliphatic hydroxyl groups excluding tert-OH is 1. The molecular weight excluding hydrogens is 242 g/mol. The molecule has 1 saturated heterocycles. The van der Waals surface area contributed by atoms with Crippen molar-refractivity contribution in [1.29, 1.82) is 0 Å². The molecule has 1 saturated carbocycles. The van der Waals surface area contributed by atoms with E-state index in [0.29, 0.717) is 26.1 Å². The molecule has 1 amide bonds. The first kappa shape index (κ1) is 14.8. The molecule has 2 fully saturated rings. The molecule has 1 unspecified atom stereocenters. The number of ether oxygens (including phenoxy) is 1. The molecule has 2 N–H and O–H groups in total. The van der Waals surface area contributed by atoms with Gasteiger partial charge in [-0.05, 0) is 31.1 Å². The molecule has 2 aliphatic rings. The van der Waals surface area contributed by atoms with Gasteiger partial charge in [0.2, 0.25) is 5.91 Å². The van der Waals surface area contributed by atoms with E-state index < -0.39 is 5.54 Å². The first-order chi connectivity index (χ1) is 8.99. The number of nitrogens with one attached hydrogen (secondary N) is 1. The van der Waals surface area contributed by atoms with Gasteiger partial charge in [-0.2, -0.15) is 0 Å². The van der Waals surface area contributed by atoms with Gasteiger partial charge in [-0.3, -0.25) is 4.79 Å². The SMILES string of the molecule is CC1(C)CCCCC1C(=O)NC1(CO)CCOCC1. The Morgan fingerprint density at radius 1 is 1.26 bits per heavy atom. The molecular formula is C15H27NO3. The van der Waals surface area contributed by atoms with Crippen molar-refractivity contribution in [2.24, 2.45) is 11.3 Å². The molecule has 110 valence electrons. The summed E-state index contributed by atoms with van der Waals surface area (Å²) in [6, 6.07) is 0. The van der Waals surface area contributed by atoms with Gasteiger partial charge < -0.3 is 15.2 Å². The van der Waals surface area contributed by atoms with Crippen molar-refractivity contribution in [1.82, 2.24) is 5.32 Å². The van der Waals surface area contributed by atoms with Crippen LogP contribution in [0.25, 0.3) is 0 Å². The van der Waals surface area contributed by atoms with E-state index in [-0.39, 0.29) is 23.8 Å². The summed E-state index contributed by atoms with van der Waals surface area (Å²) in [5.74, 6) is 0.202. The Morgan fingerprint density at radius 2 is 1.95 bits per heavy atom. The van der Waals surface area contributed by atoms with Gasteiger partial charge in [0.1, 0.15) is 0 Å². The standard InChI is InChI=1S/C15H27NO3/c1-14(2)6-4-3-5-12(14)13(18)16-15(11-17)7-9-19-10-8-15/h12,17H,3-11H2,1-2H3,(H,16,18). The van der Waals surface area contributed by atoms with Crippen LogP contribution in [-0.2, 0) is 9.53 Å². The summed E-state index contributed by atoms with van der Waals surface area (Å²) in [4.78, 5) is 12.6. The monoisotopic (exact) mass is 269 g/mol. The number of rotatable bonds is 3. The van der Waals surface area contributed by atoms with Crippen LogP contribution in [0.4, 0.5) is 0 Å². The van der Waals surface area contributed by atoms with Crippen molar-refractivity contribution in [2.75, 3.05) is 19.8 Å². The van der Waals surface area contributed by atoms with Crippen LogP contribution in [0.1, 0.15) is 52.4 Å². The summed E-state index contributed by atoms with van der Waals surface area (Å²) in [7, 11) is 0. The summed E-state index contributed by atoms with van der Waals surface area (Å²) >= 11 is 0. The van der Waals surface area contributed by atoms with Crippen molar-refractivity contribution in [3.63, 3.8) is 0 Å². The van der Waals surface area contributed by atoms with E-state index >= 15 is 0 Å². The number of amides is 1. The molecule has 0 aromatic heterocycles. The van der Waals surface area contributed by atoms with Crippen molar-refractivity contribution in [3.8, 4) is 0 Å². The van der Waals surface area contributed by atoms with Crippen LogP contribution in [0.2, 0.25) is 0 Å². The number of carbonyl (C=O) groups excluding carboxylic acids is 1. The highest BCUT2D eigenvalue weighted by molar-refractivity contribution is 5.80. The lowest BCUT2D eigenvalue weighted by Gasteiger charge is -2.42. The predicted molar refractivity (Wildman–Crippen MR) is 73.8 cm³/mol. The van der Waals surface area contributed by atoms with Crippen LogP contribution < -0.4 is 5.32 Å². The zero-order chi connectivity index (χ0) is 13.9. The largest absolute Gasteiger partial charge is 0.394 e. The van der Waals surface area contributed by atoms with Crippen molar-refractivity contribution < 1.29 is 14.6 Å². The summed E-state index contributed by atoms with van der Waals surface area (Å²) < 4.78 is 5.33. The summed E-state index contributed by atoms with van der Waals surface area (Å²) in [6.45, 7) is 5.62. The molecule has 4 nitrogen and oxygen atoms in total. The zero-order valence-corrected chi connectivity index (χ0v) is 12.2. The van der Waals surface area contributed by atoms with E-state index in [1.54, 1.807) is 0 Å². The quantitative estimate of drug-likeness (QED) is 0.822. The maximum atomic E-state index is 12.6. The number of carbonyl (C=O) groups is 1. The topological polar surface area (TPSA) is 58.6 Å². The van der Waals surface area contributed by atoms with Gasteiger partial charge in [0, 0.05) is 19.1 Å². The fourth-order valence-electron chi connectivity index (χ4n) is 3.41. The molecule has 0 spiro atoms. The van der Waals surface area contributed by atoms with Gasteiger partial charge in [0.25, 0.3) is 0 Å². The van der Waals surface area contributed by atoms with E-state index in [0.717, 1.165) is 19.3 Å². The third-order valence-corrected chi connectivity index (χ3v) is 4.96. The molecule has 2 rings (SSSR count). The van der Waals surface area contributed by atoms with Crippen LogP contribution >= 0.6 is 0 Å². The molecule has 0 bridgehead atoms. The van der Waals surface area contributed by atoms with E-state index in [2.05, 4.69) is 19.2 Å². The molecule has 1 atom stereocenters. The Labute approximate surface area is 115 Å². The minimum Gasteiger partial charge on any atom is -0.394 e. The molecule has 0 aromatic rings.